The van der Waals surface area contributed by atoms with Crippen LogP contribution >= 0.6 is 12.2 Å². The Morgan fingerprint density at radius 3 is 2.38 bits per heavy atom. The molecule has 0 unspecified atom stereocenters. The van der Waals surface area contributed by atoms with Crippen molar-refractivity contribution in [1.29, 1.82) is 0 Å². The molecule has 1 aliphatic heterocycles. The van der Waals surface area contributed by atoms with Gasteiger partial charge in [0.25, 0.3) is 11.1 Å². The lowest BCUT2D eigenvalue weighted by molar-refractivity contribution is -0.116. The summed E-state index contributed by atoms with van der Waals surface area (Å²) in [5, 5.41) is 2.53. The molecule has 1 aromatic rings. The summed E-state index contributed by atoms with van der Waals surface area (Å²) in [5.41, 5.74) is 0.869. The molecule has 0 aromatic heterocycles. The number of hydrogen-bond acceptors (Lipinski definition) is 4. The molecule has 24 heavy (non-hydrogen) atoms. The molecule has 1 aliphatic rings. The summed E-state index contributed by atoms with van der Waals surface area (Å²) in [6.07, 6.45) is 10.6. The van der Waals surface area contributed by atoms with Crippen LogP contribution in [-0.2, 0) is 9.53 Å². The molecule has 4 nitrogen and oxygen atoms in total. The number of carbonyl (C=O) groups is 1. The Hall–Kier alpha value is -1.88. The topological polar surface area (TPSA) is 47.6 Å². The normalized spacial score (nSPS) is 15.5. The third-order valence-corrected chi connectivity index (χ3v) is 4.02. The first-order chi connectivity index (χ1) is 11.7. The van der Waals surface area contributed by atoms with Gasteiger partial charge in [-0.1, -0.05) is 57.6 Å². The number of thiocarbonyl (C=S) groups is 1. The summed E-state index contributed by atoms with van der Waals surface area (Å²) in [7, 11) is 0. The van der Waals surface area contributed by atoms with Gasteiger partial charge in [-0.2, -0.15) is 0 Å². The summed E-state index contributed by atoms with van der Waals surface area (Å²) in [6, 6.07) is 7.59. The molecule has 0 aliphatic carbocycles. The molecule has 1 amide bonds. The average Bonchev–Trinajstić information content (AvgIpc) is 2.89. The van der Waals surface area contributed by atoms with Crippen LogP contribution in [0.4, 0.5) is 0 Å². The Kier molecular flexibility index (Phi) is 7.75. The predicted molar refractivity (Wildman–Crippen MR) is 99.7 cm³/mol. The number of unbranched alkanes of at least 4 members (excludes halogenated alkanes) is 6. The van der Waals surface area contributed by atoms with Crippen molar-refractivity contribution in [3.63, 3.8) is 0 Å². The molecule has 5 heteroatoms. The lowest BCUT2D eigenvalue weighted by atomic mass is 10.1. The highest BCUT2D eigenvalue weighted by molar-refractivity contribution is 7.80. The highest BCUT2D eigenvalue weighted by Gasteiger charge is 2.22. The minimum absolute atomic E-state index is 0.0981. The van der Waals surface area contributed by atoms with Gasteiger partial charge in [-0.15, -0.1) is 0 Å². The fourth-order valence-electron chi connectivity index (χ4n) is 2.48. The van der Waals surface area contributed by atoms with Gasteiger partial charge in [-0.05, 0) is 42.4 Å². The SMILES string of the molecule is CCCCCCCCCOc1ccc(/C=C2/OC(=S)NC2=O)cc1. The Bertz CT molecular complexity index is 581. The van der Waals surface area contributed by atoms with E-state index in [9.17, 15) is 4.79 Å². The van der Waals surface area contributed by atoms with Gasteiger partial charge in [0.2, 0.25) is 0 Å². The lowest BCUT2D eigenvalue weighted by Crippen LogP contribution is -2.18. The van der Waals surface area contributed by atoms with Crippen molar-refractivity contribution in [2.45, 2.75) is 51.9 Å². The number of nitrogens with one attached hydrogen (secondary N) is 1. The Labute approximate surface area is 149 Å². The number of amides is 1. The third kappa shape index (κ3) is 6.32. The smallest absolute Gasteiger partial charge is 0.294 e. The zero-order valence-electron chi connectivity index (χ0n) is 14.2. The summed E-state index contributed by atoms with van der Waals surface area (Å²) in [5.74, 6) is 0.756. The van der Waals surface area contributed by atoms with Crippen LogP contribution in [0.25, 0.3) is 6.08 Å². The second-order valence-corrected chi connectivity index (χ2v) is 6.26. The second-order valence-electron chi connectivity index (χ2n) is 5.89. The molecule has 0 atom stereocenters. The van der Waals surface area contributed by atoms with E-state index in [1.54, 1.807) is 6.08 Å². The molecule has 2 rings (SSSR count). The first kappa shape index (κ1) is 18.5. The number of rotatable bonds is 10. The van der Waals surface area contributed by atoms with Crippen LogP contribution < -0.4 is 10.1 Å². The minimum atomic E-state index is -0.306. The van der Waals surface area contributed by atoms with E-state index in [4.69, 9.17) is 21.7 Å². The molecule has 0 saturated carbocycles. The van der Waals surface area contributed by atoms with Crippen LogP contribution in [0.15, 0.2) is 30.0 Å². The second kappa shape index (κ2) is 10.1. The zero-order valence-corrected chi connectivity index (χ0v) is 15.0. The minimum Gasteiger partial charge on any atom is -0.494 e. The maximum Gasteiger partial charge on any atom is 0.294 e. The van der Waals surface area contributed by atoms with Crippen LogP contribution in [-0.4, -0.2) is 17.7 Å². The van der Waals surface area contributed by atoms with Crippen molar-refractivity contribution in [3.05, 3.63) is 35.6 Å². The van der Waals surface area contributed by atoms with E-state index in [0.29, 0.717) is 0 Å². The van der Waals surface area contributed by atoms with Crippen molar-refractivity contribution in [2.75, 3.05) is 6.61 Å². The van der Waals surface area contributed by atoms with Crippen molar-refractivity contribution in [2.24, 2.45) is 0 Å². The Morgan fingerprint density at radius 1 is 1.08 bits per heavy atom. The monoisotopic (exact) mass is 347 g/mol. The standard InChI is InChI=1S/C19H25NO3S/c1-2-3-4-5-6-7-8-13-22-16-11-9-15(10-12-16)14-17-18(21)20-19(24)23-17/h9-12,14H,2-8,13H2,1H3,(H,20,21,24)/b17-14+. The summed E-state index contributed by atoms with van der Waals surface area (Å²) in [4.78, 5) is 11.5. The van der Waals surface area contributed by atoms with Crippen molar-refractivity contribution < 1.29 is 14.3 Å². The highest BCUT2D eigenvalue weighted by atomic mass is 32.1. The molecule has 0 bridgehead atoms. The van der Waals surface area contributed by atoms with Crippen LogP contribution in [0.1, 0.15) is 57.4 Å². The number of hydrogen-bond donors (Lipinski definition) is 1. The van der Waals surface area contributed by atoms with E-state index in [1.807, 2.05) is 24.3 Å². The Morgan fingerprint density at radius 2 is 1.75 bits per heavy atom. The molecule has 0 spiro atoms. The Balaban J connectivity index is 1.68. The zero-order chi connectivity index (χ0) is 17.2. The predicted octanol–water partition coefficient (Wildman–Crippen LogP) is 4.59. The quantitative estimate of drug-likeness (QED) is 0.382. The maximum absolute atomic E-state index is 11.5. The van der Waals surface area contributed by atoms with Gasteiger partial charge < -0.3 is 9.47 Å². The molecule has 1 N–H and O–H groups in total. The van der Waals surface area contributed by atoms with Gasteiger partial charge in [0.15, 0.2) is 5.76 Å². The highest BCUT2D eigenvalue weighted by Crippen LogP contribution is 2.17. The first-order valence-corrected chi connectivity index (χ1v) is 9.07. The number of benzene rings is 1. The van der Waals surface area contributed by atoms with E-state index in [2.05, 4.69) is 12.2 Å². The molecular weight excluding hydrogens is 322 g/mol. The van der Waals surface area contributed by atoms with E-state index in [0.717, 1.165) is 24.3 Å². The lowest BCUT2D eigenvalue weighted by Gasteiger charge is -2.06. The van der Waals surface area contributed by atoms with Crippen molar-refractivity contribution >= 4 is 29.4 Å². The van der Waals surface area contributed by atoms with E-state index in [-0.39, 0.29) is 16.8 Å². The third-order valence-electron chi connectivity index (χ3n) is 3.84. The van der Waals surface area contributed by atoms with E-state index < -0.39 is 0 Å². The largest absolute Gasteiger partial charge is 0.494 e. The fourth-order valence-corrected chi connectivity index (χ4v) is 2.66. The van der Waals surface area contributed by atoms with Crippen LogP contribution in [0, 0.1) is 0 Å². The van der Waals surface area contributed by atoms with Gasteiger partial charge in [-0.3, -0.25) is 10.1 Å². The molecule has 130 valence electrons. The van der Waals surface area contributed by atoms with Crippen LogP contribution in [0.3, 0.4) is 0 Å². The molecular formula is C19H25NO3S. The van der Waals surface area contributed by atoms with E-state index >= 15 is 0 Å². The maximum atomic E-state index is 11.5. The number of carbonyl (C=O) groups excluding carboxylic acids is 1. The van der Waals surface area contributed by atoms with Crippen molar-refractivity contribution in [1.82, 2.24) is 5.32 Å². The average molecular weight is 347 g/mol. The molecule has 1 aromatic carbocycles. The van der Waals surface area contributed by atoms with Crippen molar-refractivity contribution in [3.8, 4) is 5.75 Å². The summed E-state index contributed by atoms with van der Waals surface area (Å²) < 4.78 is 10.9. The molecule has 0 radical (unpaired) electrons. The first-order valence-electron chi connectivity index (χ1n) is 8.67. The fraction of sp³-hybridized carbons (Fsp3) is 0.474. The summed E-state index contributed by atoms with van der Waals surface area (Å²) >= 11 is 4.79. The van der Waals surface area contributed by atoms with Gasteiger partial charge in [0, 0.05) is 0 Å². The van der Waals surface area contributed by atoms with Gasteiger partial charge in [0.1, 0.15) is 5.75 Å². The number of ether oxygens (including phenoxy) is 2. The molecule has 1 fully saturated rings. The van der Waals surface area contributed by atoms with Crippen LogP contribution in [0.2, 0.25) is 0 Å². The molecule has 1 saturated heterocycles. The summed E-state index contributed by atoms with van der Waals surface area (Å²) in [6.45, 7) is 2.98. The van der Waals surface area contributed by atoms with Gasteiger partial charge in [-0.25, -0.2) is 0 Å². The van der Waals surface area contributed by atoms with E-state index in [1.165, 1.54) is 38.5 Å². The van der Waals surface area contributed by atoms with Gasteiger partial charge >= 0.3 is 0 Å². The molecule has 1 heterocycles. The van der Waals surface area contributed by atoms with Gasteiger partial charge in [0.05, 0.1) is 6.61 Å². The van der Waals surface area contributed by atoms with Crippen LogP contribution in [0.5, 0.6) is 5.75 Å².